The minimum atomic E-state index is -3.20. The van der Waals surface area contributed by atoms with E-state index in [-0.39, 0.29) is 18.1 Å². The van der Waals surface area contributed by atoms with Gasteiger partial charge < -0.3 is 10.3 Å². The molecule has 0 unspecified atom stereocenters. The molecule has 7 aromatic rings. The second kappa shape index (κ2) is 11.7. The first kappa shape index (κ1) is 29.1. The average Bonchev–Trinajstić information content (AvgIpc) is 3.68. The van der Waals surface area contributed by atoms with E-state index in [0.29, 0.717) is 33.8 Å². The van der Waals surface area contributed by atoms with E-state index in [2.05, 4.69) is 30.5 Å². The predicted molar refractivity (Wildman–Crippen MR) is 178 cm³/mol. The lowest BCUT2D eigenvalue weighted by atomic mass is 10.0. The molecule has 3 N–H and O–H groups in total. The Morgan fingerprint density at radius 1 is 0.848 bits per heavy atom. The number of rotatable bonds is 8. The Hall–Kier alpha value is -5.68. The lowest BCUT2D eigenvalue weighted by Gasteiger charge is -2.08. The quantitative estimate of drug-likeness (QED) is 0.169. The molecule has 9 nitrogen and oxygen atoms in total. The number of nitrogens with zero attached hydrogens (tertiary/aromatic N) is 3. The maximum Gasteiger partial charge on any atom is 0.255 e. The summed E-state index contributed by atoms with van der Waals surface area (Å²) in [5.74, 6) is -0.749. The summed E-state index contributed by atoms with van der Waals surface area (Å²) in [6, 6.07) is 25.1. The Morgan fingerprint density at radius 3 is 2.50 bits per heavy atom. The third-order valence-electron chi connectivity index (χ3n) is 7.72. The number of hydrogen-bond acceptors (Lipinski definition) is 6. The average molecular weight is 631 g/mol. The zero-order chi connectivity index (χ0) is 31.8. The smallest absolute Gasteiger partial charge is 0.255 e. The number of aromatic nitrogens is 5. The van der Waals surface area contributed by atoms with Gasteiger partial charge in [-0.2, -0.15) is 5.10 Å². The van der Waals surface area contributed by atoms with Crippen molar-refractivity contribution in [2.24, 2.45) is 0 Å². The van der Waals surface area contributed by atoms with Crippen LogP contribution in [-0.4, -0.2) is 51.5 Å². The number of sulfone groups is 1. The molecule has 4 aromatic heterocycles. The zero-order valence-corrected chi connectivity index (χ0v) is 25.4. The molecule has 0 saturated heterocycles. The van der Waals surface area contributed by atoms with Gasteiger partial charge in [-0.1, -0.05) is 24.3 Å². The van der Waals surface area contributed by atoms with E-state index < -0.39 is 15.7 Å². The summed E-state index contributed by atoms with van der Waals surface area (Å²) in [6.07, 6.45) is 6.37. The van der Waals surface area contributed by atoms with Crippen molar-refractivity contribution in [3.63, 3.8) is 0 Å². The van der Waals surface area contributed by atoms with E-state index >= 15 is 0 Å². The summed E-state index contributed by atoms with van der Waals surface area (Å²) < 4.78 is 38.0. The topological polar surface area (TPSA) is 133 Å². The molecule has 0 saturated carbocycles. The molecule has 0 aliphatic carbocycles. The fraction of sp³-hybridized carbons (Fsp3) is 0.0857. The molecule has 0 atom stereocenters. The standard InChI is InChI=1S/C35H27FN6O3S/c1-46(44,45)12-10-21-13-24(15-26(36)14-21)33-29-18-32(40-30(29)9-11-38-33)34-28-17-23(7-8-31(28)41-42-34)25-16-27(20-37-19-25)39-35(43)22-5-3-2-4-6-22/h2-9,11,13-20,40H,10,12H2,1H3,(H,39,43)(H,41,42). The summed E-state index contributed by atoms with van der Waals surface area (Å²) in [7, 11) is -3.20. The Kier molecular flexibility index (Phi) is 7.37. The van der Waals surface area contributed by atoms with Crippen LogP contribution in [0.4, 0.5) is 10.1 Å². The van der Waals surface area contributed by atoms with Crippen molar-refractivity contribution in [3.05, 3.63) is 120 Å². The summed E-state index contributed by atoms with van der Waals surface area (Å²) >= 11 is 0. The number of anilines is 1. The number of hydrogen-bond donors (Lipinski definition) is 3. The van der Waals surface area contributed by atoms with Crippen molar-refractivity contribution in [1.82, 2.24) is 25.1 Å². The van der Waals surface area contributed by atoms with E-state index in [4.69, 9.17) is 0 Å². The number of carbonyl (C=O) groups excluding carboxylic acids is 1. The van der Waals surface area contributed by atoms with Crippen LogP contribution in [0.5, 0.6) is 0 Å². The van der Waals surface area contributed by atoms with Gasteiger partial charge in [0.1, 0.15) is 21.3 Å². The lowest BCUT2D eigenvalue weighted by Crippen LogP contribution is -2.11. The summed E-state index contributed by atoms with van der Waals surface area (Å²) in [5.41, 5.74) is 7.60. The van der Waals surface area contributed by atoms with Crippen LogP contribution < -0.4 is 5.32 Å². The number of nitrogens with one attached hydrogen (secondary N) is 3. The second-order valence-corrected chi connectivity index (χ2v) is 13.4. The van der Waals surface area contributed by atoms with Crippen molar-refractivity contribution < 1.29 is 17.6 Å². The van der Waals surface area contributed by atoms with Crippen LogP contribution in [0.25, 0.3) is 55.6 Å². The first-order chi connectivity index (χ1) is 22.2. The molecule has 3 aromatic carbocycles. The largest absolute Gasteiger partial charge is 0.353 e. The third-order valence-corrected chi connectivity index (χ3v) is 8.67. The van der Waals surface area contributed by atoms with Crippen LogP contribution in [0.2, 0.25) is 0 Å². The first-order valence-corrected chi connectivity index (χ1v) is 16.5. The van der Waals surface area contributed by atoms with Crippen molar-refractivity contribution in [3.8, 4) is 33.8 Å². The number of pyridine rings is 2. The van der Waals surface area contributed by atoms with Crippen LogP contribution in [0, 0.1) is 5.82 Å². The molecule has 0 fully saturated rings. The molecule has 0 bridgehead atoms. The number of benzene rings is 3. The third kappa shape index (κ3) is 6.00. The van der Waals surface area contributed by atoms with Gasteiger partial charge in [0.05, 0.1) is 34.5 Å². The minimum absolute atomic E-state index is 0.0707. The predicted octanol–water partition coefficient (Wildman–Crippen LogP) is 6.81. The second-order valence-electron chi connectivity index (χ2n) is 11.1. The van der Waals surface area contributed by atoms with Crippen molar-refractivity contribution in [2.45, 2.75) is 6.42 Å². The van der Waals surface area contributed by atoms with Gasteiger partial charge >= 0.3 is 0 Å². The highest BCUT2D eigenvalue weighted by Crippen LogP contribution is 2.35. The summed E-state index contributed by atoms with van der Waals surface area (Å²) in [5, 5.41) is 12.2. The van der Waals surface area contributed by atoms with E-state index in [9.17, 15) is 17.6 Å². The number of H-pyrrole nitrogens is 2. The molecule has 0 aliphatic heterocycles. The molecule has 0 aliphatic rings. The minimum Gasteiger partial charge on any atom is -0.353 e. The van der Waals surface area contributed by atoms with Crippen molar-refractivity contribution >= 4 is 43.2 Å². The summed E-state index contributed by atoms with van der Waals surface area (Å²) in [4.78, 5) is 25.0. The normalized spacial score (nSPS) is 11.7. The number of aryl methyl sites for hydroxylation is 1. The highest BCUT2D eigenvalue weighted by Gasteiger charge is 2.17. The SMILES string of the molecule is CS(=O)(=O)CCc1cc(F)cc(-c2nccc3[nH]c(-c4n[nH]c5ccc(-c6cncc(NC(=O)c7ccccc7)c6)cc45)cc23)c1. The number of aromatic amines is 2. The molecule has 0 spiro atoms. The molecule has 0 radical (unpaired) electrons. The van der Waals surface area contributed by atoms with Gasteiger partial charge in [-0.25, -0.2) is 12.8 Å². The fourth-order valence-electron chi connectivity index (χ4n) is 5.50. The molecular weight excluding hydrogens is 603 g/mol. The lowest BCUT2D eigenvalue weighted by molar-refractivity contribution is 0.102. The van der Waals surface area contributed by atoms with Crippen LogP contribution in [0.1, 0.15) is 15.9 Å². The van der Waals surface area contributed by atoms with Gasteiger partial charge in [-0.3, -0.25) is 19.9 Å². The molecular formula is C35H27FN6O3S. The van der Waals surface area contributed by atoms with Crippen LogP contribution >= 0.6 is 0 Å². The highest BCUT2D eigenvalue weighted by molar-refractivity contribution is 7.90. The Morgan fingerprint density at radius 2 is 1.67 bits per heavy atom. The van der Waals surface area contributed by atoms with Crippen molar-refractivity contribution in [1.29, 1.82) is 0 Å². The van der Waals surface area contributed by atoms with E-state index in [1.54, 1.807) is 36.8 Å². The van der Waals surface area contributed by atoms with Crippen LogP contribution in [-0.2, 0) is 16.3 Å². The van der Waals surface area contributed by atoms with Gasteiger partial charge in [-0.05, 0) is 78.2 Å². The fourth-order valence-corrected chi connectivity index (χ4v) is 6.11. The number of fused-ring (bicyclic) bond motifs is 2. The van der Waals surface area contributed by atoms with Crippen molar-refractivity contribution in [2.75, 3.05) is 17.3 Å². The molecule has 1 amide bonds. The first-order valence-electron chi connectivity index (χ1n) is 14.5. The Balaban J connectivity index is 1.22. The van der Waals surface area contributed by atoms with E-state index in [0.717, 1.165) is 38.6 Å². The van der Waals surface area contributed by atoms with Gasteiger partial charge in [0.15, 0.2) is 0 Å². The maximum atomic E-state index is 14.7. The maximum absolute atomic E-state index is 14.7. The number of halogens is 1. The molecule has 11 heteroatoms. The molecule has 7 rings (SSSR count). The summed E-state index contributed by atoms with van der Waals surface area (Å²) in [6.45, 7) is 0. The Labute approximate surface area is 263 Å². The van der Waals surface area contributed by atoms with Gasteiger partial charge in [0.2, 0.25) is 0 Å². The molecule has 228 valence electrons. The van der Waals surface area contributed by atoms with Gasteiger partial charge in [0.25, 0.3) is 5.91 Å². The van der Waals surface area contributed by atoms with Crippen LogP contribution in [0.15, 0.2) is 104 Å². The number of amides is 1. The Bertz CT molecular complexity index is 2370. The van der Waals surface area contributed by atoms with E-state index in [1.165, 1.54) is 18.4 Å². The molecule has 4 heterocycles. The van der Waals surface area contributed by atoms with Crippen LogP contribution in [0.3, 0.4) is 0 Å². The monoisotopic (exact) mass is 630 g/mol. The highest BCUT2D eigenvalue weighted by atomic mass is 32.2. The molecule has 46 heavy (non-hydrogen) atoms. The van der Waals surface area contributed by atoms with Gasteiger partial charge in [-0.15, -0.1) is 0 Å². The zero-order valence-electron chi connectivity index (χ0n) is 24.6. The number of carbonyl (C=O) groups is 1. The van der Waals surface area contributed by atoms with E-state index in [1.807, 2.05) is 54.6 Å². The van der Waals surface area contributed by atoms with Gasteiger partial charge in [0, 0.05) is 51.6 Å².